The standard InChI is InChI=1S/C16H22N4O/c1-12(2)15(17)16(21)19-9-13-5-3-4-6-14(13)10-20-8-7-18-11-20/h3-8,11-12,15H,9-10,17H2,1-2H3,(H,19,21)/t15-/m0/s1. The van der Waals surface area contributed by atoms with Crippen LogP contribution in [0.15, 0.2) is 43.0 Å². The Hall–Kier alpha value is -2.14. The smallest absolute Gasteiger partial charge is 0.237 e. The van der Waals surface area contributed by atoms with Gasteiger partial charge in [-0.1, -0.05) is 38.1 Å². The van der Waals surface area contributed by atoms with Gasteiger partial charge in [0.25, 0.3) is 0 Å². The molecule has 5 nitrogen and oxygen atoms in total. The predicted molar refractivity (Wildman–Crippen MR) is 82.4 cm³/mol. The molecule has 1 aromatic heterocycles. The summed E-state index contributed by atoms with van der Waals surface area (Å²) in [5.74, 6) is 0.0219. The number of nitrogens with two attached hydrogens (primary N) is 1. The van der Waals surface area contributed by atoms with Crippen molar-refractivity contribution in [2.75, 3.05) is 0 Å². The van der Waals surface area contributed by atoms with E-state index < -0.39 is 6.04 Å². The van der Waals surface area contributed by atoms with E-state index in [2.05, 4.69) is 16.4 Å². The molecule has 1 heterocycles. The first-order valence-corrected chi connectivity index (χ1v) is 7.13. The molecule has 0 bridgehead atoms. The molecule has 0 spiro atoms. The molecule has 0 aliphatic carbocycles. The topological polar surface area (TPSA) is 72.9 Å². The fourth-order valence-electron chi connectivity index (χ4n) is 2.06. The van der Waals surface area contributed by atoms with Crippen molar-refractivity contribution in [3.8, 4) is 0 Å². The third-order valence-corrected chi connectivity index (χ3v) is 3.50. The summed E-state index contributed by atoms with van der Waals surface area (Å²) in [4.78, 5) is 16.0. The first-order valence-electron chi connectivity index (χ1n) is 7.13. The molecule has 0 unspecified atom stereocenters. The third kappa shape index (κ3) is 4.16. The van der Waals surface area contributed by atoms with E-state index >= 15 is 0 Å². The van der Waals surface area contributed by atoms with Crippen molar-refractivity contribution in [1.29, 1.82) is 0 Å². The van der Waals surface area contributed by atoms with Gasteiger partial charge in [0.15, 0.2) is 0 Å². The van der Waals surface area contributed by atoms with Crippen molar-refractivity contribution in [2.45, 2.75) is 33.0 Å². The second kappa shape index (κ2) is 7.04. The van der Waals surface area contributed by atoms with Gasteiger partial charge in [0.2, 0.25) is 5.91 Å². The van der Waals surface area contributed by atoms with E-state index in [1.807, 2.05) is 42.8 Å². The van der Waals surface area contributed by atoms with Gasteiger partial charge in [-0.3, -0.25) is 4.79 Å². The molecule has 2 aromatic rings. The largest absolute Gasteiger partial charge is 0.351 e. The van der Waals surface area contributed by atoms with Crippen LogP contribution in [0.3, 0.4) is 0 Å². The first-order chi connectivity index (χ1) is 10.1. The Morgan fingerprint density at radius 2 is 2.05 bits per heavy atom. The fourth-order valence-corrected chi connectivity index (χ4v) is 2.06. The Bertz CT molecular complexity index is 578. The van der Waals surface area contributed by atoms with Gasteiger partial charge in [-0.2, -0.15) is 0 Å². The van der Waals surface area contributed by atoms with Crippen LogP contribution in [0.2, 0.25) is 0 Å². The highest BCUT2D eigenvalue weighted by atomic mass is 16.2. The van der Waals surface area contributed by atoms with E-state index in [1.165, 1.54) is 0 Å². The summed E-state index contributed by atoms with van der Waals surface area (Å²) in [5, 5.41) is 2.91. The lowest BCUT2D eigenvalue weighted by Gasteiger charge is -2.16. The Labute approximate surface area is 125 Å². The van der Waals surface area contributed by atoms with Crippen LogP contribution >= 0.6 is 0 Å². The van der Waals surface area contributed by atoms with E-state index in [0.29, 0.717) is 6.54 Å². The Kier molecular flexibility index (Phi) is 5.11. The number of nitrogens with one attached hydrogen (secondary N) is 1. The van der Waals surface area contributed by atoms with Gasteiger partial charge in [0.05, 0.1) is 12.4 Å². The molecule has 1 aromatic carbocycles. The number of aromatic nitrogens is 2. The molecule has 0 aliphatic rings. The molecular weight excluding hydrogens is 264 g/mol. The van der Waals surface area contributed by atoms with Crippen LogP contribution < -0.4 is 11.1 Å². The maximum Gasteiger partial charge on any atom is 0.237 e. The van der Waals surface area contributed by atoms with Crippen LogP contribution in [-0.2, 0) is 17.9 Å². The highest BCUT2D eigenvalue weighted by molar-refractivity contribution is 5.81. The minimum atomic E-state index is -0.467. The molecule has 0 radical (unpaired) electrons. The number of hydrogen-bond donors (Lipinski definition) is 2. The first kappa shape index (κ1) is 15.3. The summed E-state index contributed by atoms with van der Waals surface area (Å²) in [6, 6.07) is 7.58. The number of nitrogens with zero attached hydrogens (tertiary/aromatic N) is 2. The van der Waals surface area contributed by atoms with E-state index in [1.54, 1.807) is 12.5 Å². The number of carbonyl (C=O) groups is 1. The number of amides is 1. The maximum atomic E-state index is 11.9. The number of rotatable bonds is 6. The molecule has 112 valence electrons. The Morgan fingerprint density at radius 3 is 2.67 bits per heavy atom. The van der Waals surface area contributed by atoms with Gasteiger partial charge in [-0.25, -0.2) is 4.98 Å². The summed E-state index contributed by atoms with van der Waals surface area (Å²) < 4.78 is 2.00. The van der Waals surface area contributed by atoms with Crippen molar-refractivity contribution >= 4 is 5.91 Å². The van der Waals surface area contributed by atoms with Crippen LogP contribution in [0.1, 0.15) is 25.0 Å². The zero-order chi connectivity index (χ0) is 15.2. The SMILES string of the molecule is CC(C)[C@H](N)C(=O)NCc1ccccc1Cn1ccnc1. The summed E-state index contributed by atoms with van der Waals surface area (Å²) in [7, 11) is 0. The summed E-state index contributed by atoms with van der Waals surface area (Å²) in [5.41, 5.74) is 8.10. The Balaban J connectivity index is 2.02. The zero-order valence-corrected chi connectivity index (χ0v) is 12.5. The monoisotopic (exact) mass is 286 g/mol. The molecule has 21 heavy (non-hydrogen) atoms. The molecule has 1 atom stereocenters. The van der Waals surface area contributed by atoms with Gasteiger partial charge in [0, 0.05) is 25.5 Å². The fraction of sp³-hybridized carbons (Fsp3) is 0.375. The lowest BCUT2D eigenvalue weighted by Crippen LogP contribution is -2.43. The average molecular weight is 286 g/mol. The second-order valence-electron chi connectivity index (χ2n) is 5.49. The van der Waals surface area contributed by atoms with E-state index in [9.17, 15) is 4.79 Å². The molecule has 3 N–H and O–H groups in total. The minimum absolute atomic E-state index is 0.109. The Morgan fingerprint density at radius 1 is 1.33 bits per heavy atom. The quantitative estimate of drug-likeness (QED) is 0.846. The zero-order valence-electron chi connectivity index (χ0n) is 12.5. The maximum absolute atomic E-state index is 11.9. The molecule has 0 fully saturated rings. The number of benzene rings is 1. The average Bonchev–Trinajstić information content (AvgIpc) is 2.98. The highest BCUT2D eigenvalue weighted by Gasteiger charge is 2.16. The van der Waals surface area contributed by atoms with Gasteiger partial charge in [-0.05, 0) is 17.0 Å². The van der Waals surface area contributed by atoms with Gasteiger partial charge in [0.1, 0.15) is 0 Å². The summed E-state index contributed by atoms with van der Waals surface area (Å²) in [6.07, 6.45) is 5.46. The molecule has 0 saturated carbocycles. The van der Waals surface area contributed by atoms with Crippen LogP contribution in [0.4, 0.5) is 0 Å². The van der Waals surface area contributed by atoms with Gasteiger partial charge in [-0.15, -0.1) is 0 Å². The molecular formula is C16H22N4O. The van der Waals surface area contributed by atoms with E-state index in [0.717, 1.165) is 17.7 Å². The third-order valence-electron chi connectivity index (χ3n) is 3.50. The van der Waals surface area contributed by atoms with Crippen molar-refractivity contribution < 1.29 is 4.79 Å². The van der Waals surface area contributed by atoms with Crippen molar-refractivity contribution in [3.05, 3.63) is 54.1 Å². The van der Waals surface area contributed by atoms with Crippen LogP contribution in [0.5, 0.6) is 0 Å². The summed E-state index contributed by atoms with van der Waals surface area (Å²) >= 11 is 0. The van der Waals surface area contributed by atoms with Crippen molar-refractivity contribution in [3.63, 3.8) is 0 Å². The van der Waals surface area contributed by atoms with E-state index in [-0.39, 0.29) is 11.8 Å². The van der Waals surface area contributed by atoms with Crippen LogP contribution in [0, 0.1) is 5.92 Å². The minimum Gasteiger partial charge on any atom is -0.351 e. The molecule has 0 aliphatic heterocycles. The molecule has 0 saturated heterocycles. The number of hydrogen-bond acceptors (Lipinski definition) is 3. The van der Waals surface area contributed by atoms with Gasteiger partial charge < -0.3 is 15.6 Å². The van der Waals surface area contributed by atoms with Crippen molar-refractivity contribution in [1.82, 2.24) is 14.9 Å². The van der Waals surface area contributed by atoms with Crippen LogP contribution in [0.25, 0.3) is 0 Å². The number of carbonyl (C=O) groups excluding carboxylic acids is 1. The lowest BCUT2D eigenvalue weighted by atomic mass is 10.0. The molecule has 2 rings (SSSR count). The molecule has 5 heteroatoms. The van der Waals surface area contributed by atoms with Crippen LogP contribution in [-0.4, -0.2) is 21.5 Å². The van der Waals surface area contributed by atoms with E-state index in [4.69, 9.17) is 5.73 Å². The second-order valence-corrected chi connectivity index (χ2v) is 5.49. The summed E-state index contributed by atoms with van der Waals surface area (Å²) in [6.45, 7) is 5.11. The van der Waals surface area contributed by atoms with Gasteiger partial charge >= 0.3 is 0 Å². The predicted octanol–water partition coefficient (Wildman–Crippen LogP) is 1.53. The highest BCUT2D eigenvalue weighted by Crippen LogP contribution is 2.11. The normalized spacial score (nSPS) is 12.4. The number of imidazole rings is 1. The van der Waals surface area contributed by atoms with Crippen molar-refractivity contribution in [2.24, 2.45) is 11.7 Å². The molecule has 1 amide bonds. The lowest BCUT2D eigenvalue weighted by molar-refractivity contribution is -0.123.